The van der Waals surface area contributed by atoms with Crippen molar-refractivity contribution in [3.8, 4) is 0 Å². The SMILES string of the molecule is [c-]1ccc2c(c1)C2. The molecule has 1 aromatic rings. The second-order valence-electron chi connectivity index (χ2n) is 1.87. The molecule has 0 saturated heterocycles. The lowest BCUT2D eigenvalue weighted by Gasteiger charge is -1.80. The average molecular weight is 89.1 g/mol. The molecule has 0 saturated carbocycles. The fraction of sp³-hybridized carbons (Fsp3) is 0.143. The van der Waals surface area contributed by atoms with E-state index in [1.807, 2.05) is 6.07 Å². The molecule has 2 rings (SSSR count). The van der Waals surface area contributed by atoms with Crippen molar-refractivity contribution in [1.29, 1.82) is 0 Å². The van der Waals surface area contributed by atoms with Gasteiger partial charge in [-0.1, -0.05) is 6.42 Å². The summed E-state index contributed by atoms with van der Waals surface area (Å²) in [6.45, 7) is 0. The van der Waals surface area contributed by atoms with Gasteiger partial charge in [0.15, 0.2) is 0 Å². The lowest BCUT2D eigenvalue weighted by atomic mass is 10.4. The number of rotatable bonds is 0. The maximum absolute atomic E-state index is 3.01. The predicted molar refractivity (Wildman–Crippen MR) is 28.1 cm³/mol. The molecule has 1 aliphatic carbocycles. The molecular weight excluding hydrogens is 84.1 g/mol. The molecular formula is C7H5-. The van der Waals surface area contributed by atoms with Gasteiger partial charge in [0.1, 0.15) is 0 Å². The van der Waals surface area contributed by atoms with Crippen molar-refractivity contribution < 1.29 is 0 Å². The minimum absolute atomic E-state index is 1.21. The lowest BCUT2D eigenvalue weighted by Crippen LogP contribution is -1.49. The zero-order valence-corrected chi connectivity index (χ0v) is 3.94. The van der Waals surface area contributed by atoms with Gasteiger partial charge in [0.2, 0.25) is 0 Å². The first-order valence-electron chi connectivity index (χ1n) is 2.45. The van der Waals surface area contributed by atoms with E-state index in [1.165, 1.54) is 17.5 Å². The predicted octanol–water partition coefficient (Wildman–Crippen LogP) is 1.39. The molecule has 0 bridgehead atoms. The van der Waals surface area contributed by atoms with E-state index in [9.17, 15) is 0 Å². The Morgan fingerprint density at radius 1 is 1.43 bits per heavy atom. The van der Waals surface area contributed by atoms with E-state index >= 15 is 0 Å². The van der Waals surface area contributed by atoms with Crippen LogP contribution in [0.3, 0.4) is 0 Å². The molecule has 0 unspecified atom stereocenters. The van der Waals surface area contributed by atoms with Gasteiger partial charge >= 0.3 is 0 Å². The zero-order valence-electron chi connectivity index (χ0n) is 3.94. The number of benzene rings is 1. The van der Waals surface area contributed by atoms with Crippen LogP contribution in [0.2, 0.25) is 0 Å². The van der Waals surface area contributed by atoms with Crippen LogP contribution in [0.1, 0.15) is 11.1 Å². The summed E-state index contributed by atoms with van der Waals surface area (Å²) in [7, 11) is 0. The molecule has 0 fully saturated rings. The van der Waals surface area contributed by atoms with E-state index < -0.39 is 0 Å². The van der Waals surface area contributed by atoms with Crippen LogP contribution in [0.5, 0.6) is 0 Å². The molecule has 0 radical (unpaired) electrons. The number of hydrogen-bond acceptors (Lipinski definition) is 0. The van der Waals surface area contributed by atoms with Gasteiger partial charge in [-0.3, -0.25) is 0 Å². The first-order chi connectivity index (χ1) is 3.47. The van der Waals surface area contributed by atoms with Crippen LogP contribution in [0.25, 0.3) is 0 Å². The van der Waals surface area contributed by atoms with Crippen molar-refractivity contribution in [2.45, 2.75) is 6.42 Å². The van der Waals surface area contributed by atoms with Gasteiger partial charge < -0.3 is 0 Å². The topological polar surface area (TPSA) is 0 Å². The largest absolute Gasteiger partial charge is 0.184 e. The van der Waals surface area contributed by atoms with Crippen LogP contribution >= 0.6 is 0 Å². The Balaban J connectivity index is 2.73. The molecule has 0 heterocycles. The Bertz CT molecular complexity index is 168. The monoisotopic (exact) mass is 89.0 g/mol. The third-order valence-electron chi connectivity index (χ3n) is 1.31. The van der Waals surface area contributed by atoms with Gasteiger partial charge in [0.25, 0.3) is 0 Å². The summed E-state index contributed by atoms with van der Waals surface area (Å²) < 4.78 is 0. The number of fused-ring (bicyclic) bond motifs is 1. The van der Waals surface area contributed by atoms with Crippen molar-refractivity contribution >= 4 is 0 Å². The standard InChI is InChI=1S/C7H5/c1-2-4-7-5-6(7)3-1/h1,3-4H,5H2/q-1. The molecule has 0 spiro atoms. The van der Waals surface area contributed by atoms with Crippen LogP contribution in [-0.4, -0.2) is 0 Å². The molecule has 1 aromatic carbocycles. The van der Waals surface area contributed by atoms with Crippen LogP contribution in [0.4, 0.5) is 0 Å². The smallest absolute Gasteiger partial charge is 0.0708 e. The normalized spacial score (nSPS) is 13.1. The third-order valence-corrected chi connectivity index (χ3v) is 1.31. The Labute approximate surface area is 42.8 Å². The van der Waals surface area contributed by atoms with Crippen molar-refractivity contribution in [1.82, 2.24) is 0 Å². The second kappa shape index (κ2) is 0.890. The Morgan fingerprint density at radius 3 is 3.00 bits per heavy atom. The van der Waals surface area contributed by atoms with Gasteiger partial charge in [-0.25, -0.2) is 0 Å². The highest BCUT2D eigenvalue weighted by atomic mass is 14.2. The minimum Gasteiger partial charge on any atom is -0.184 e. The van der Waals surface area contributed by atoms with Crippen molar-refractivity contribution in [3.05, 3.63) is 35.4 Å². The maximum Gasteiger partial charge on any atom is -0.0708 e. The van der Waals surface area contributed by atoms with E-state index in [2.05, 4.69) is 18.2 Å². The molecule has 0 atom stereocenters. The maximum atomic E-state index is 3.01. The van der Waals surface area contributed by atoms with Gasteiger partial charge in [0, 0.05) is 0 Å². The third kappa shape index (κ3) is 0.362. The van der Waals surface area contributed by atoms with Crippen molar-refractivity contribution in [2.75, 3.05) is 0 Å². The summed E-state index contributed by atoms with van der Waals surface area (Å²) in [5.41, 5.74) is 2.97. The Kier molecular flexibility index (Phi) is 0.413. The molecule has 7 heavy (non-hydrogen) atoms. The summed E-state index contributed by atoms with van der Waals surface area (Å²) in [4.78, 5) is 0. The fourth-order valence-corrected chi connectivity index (χ4v) is 0.768. The molecule has 0 N–H and O–H groups in total. The van der Waals surface area contributed by atoms with Gasteiger partial charge in [-0.05, 0) is 0 Å². The average Bonchev–Trinajstić information content (AvgIpc) is 2.41. The minimum atomic E-state index is 1.21. The van der Waals surface area contributed by atoms with Crippen molar-refractivity contribution in [3.63, 3.8) is 0 Å². The quantitative estimate of drug-likeness (QED) is 0.428. The van der Waals surface area contributed by atoms with Gasteiger partial charge in [-0.2, -0.15) is 35.4 Å². The summed E-state index contributed by atoms with van der Waals surface area (Å²) in [5.74, 6) is 0. The Hall–Kier alpha value is -0.780. The van der Waals surface area contributed by atoms with Crippen molar-refractivity contribution in [2.24, 2.45) is 0 Å². The summed E-state index contributed by atoms with van der Waals surface area (Å²) in [6, 6.07) is 9.15. The van der Waals surface area contributed by atoms with E-state index in [0.717, 1.165) is 0 Å². The highest BCUT2D eigenvalue weighted by Crippen LogP contribution is 2.25. The van der Waals surface area contributed by atoms with Gasteiger partial charge in [0.05, 0.1) is 0 Å². The first-order valence-corrected chi connectivity index (χ1v) is 2.45. The van der Waals surface area contributed by atoms with Crippen LogP contribution in [0.15, 0.2) is 18.2 Å². The molecule has 34 valence electrons. The lowest BCUT2D eigenvalue weighted by molar-refractivity contribution is 1.61. The van der Waals surface area contributed by atoms with E-state index in [0.29, 0.717) is 0 Å². The first kappa shape index (κ1) is 3.25. The second-order valence-corrected chi connectivity index (χ2v) is 1.87. The van der Waals surface area contributed by atoms with Crippen LogP contribution in [-0.2, 0) is 6.42 Å². The zero-order chi connectivity index (χ0) is 4.69. The summed E-state index contributed by atoms with van der Waals surface area (Å²) >= 11 is 0. The van der Waals surface area contributed by atoms with E-state index in [-0.39, 0.29) is 0 Å². The summed E-state index contributed by atoms with van der Waals surface area (Å²) in [6.07, 6.45) is 1.21. The molecule has 0 amide bonds. The van der Waals surface area contributed by atoms with E-state index in [1.54, 1.807) is 0 Å². The number of hydrogen-bond donors (Lipinski definition) is 0. The Morgan fingerprint density at radius 2 is 2.43 bits per heavy atom. The molecule has 0 aliphatic heterocycles. The highest BCUT2D eigenvalue weighted by Gasteiger charge is 2.01. The highest BCUT2D eigenvalue weighted by molar-refractivity contribution is 5.43. The molecule has 0 nitrogen and oxygen atoms in total. The van der Waals surface area contributed by atoms with Crippen LogP contribution in [0, 0.1) is 6.07 Å². The molecule has 0 aromatic heterocycles. The summed E-state index contributed by atoms with van der Waals surface area (Å²) in [5, 5.41) is 0. The molecule has 1 aliphatic rings. The van der Waals surface area contributed by atoms with Gasteiger partial charge in [-0.15, -0.1) is 0 Å². The fourth-order valence-electron chi connectivity index (χ4n) is 0.768. The van der Waals surface area contributed by atoms with Crippen LogP contribution < -0.4 is 0 Å². The molecule has 0 heteroatoms. The van der Waals surface area contributed by atoms with E-state index in [4.69, 9.17) is 0 Å².